The lowest BCUT2D eigenvalue weighted by molar-refractivity contribution is 0.0993. The van der Waals surface area contributed by atoms with Crippen LogP contribution < -0.4 is 0 Å². The number of rotatable bonds is 4. The smallest absolute Gasteiger partial charge is 0.181 e. The van der Waals surface area contributed by atoms with E-state index >= 15 is 0 Å². The number of thiophene rings is 1. The first-order valence-electron chi connectivity index (χ1n) is 5.40. The summed E-state index contributed by atoms with van der Waals surface area (Å²) in [6.45, 7) is 4.75. The molecule has 0 amide bonds. The molecule has 0 aliphatic rings. The van der Waals surface area contributed by atoms with E-state index in [2.05, 4.69) is 4.98 Å². The van der Waals surface area contributed by atoms with E-state index in [4.69, 9.17) is 11.6 Å². The molecule has 0 atom stereocenters. The van der Waals surface area contributed by atoms with E-state index < -0.39 is 0 Å². The Morgan fingerprint density at radius 1 is 1.59 bits per heavy atom. The summed E-state index contributed by atoms with van der Waals surface area (Å²) in [6, 6.07) is 0. The second kappa shape index (κ2) is 5.02. The molecule has 0 bridgehead atoms. The SMILES string of the molecule is CCn1ccnc1CC(=O)c1scc(C)c1Cl. The largest absolute Gasteiger partial charge is 0.335 e. The summed E-state index contributed by atoms with van der Waals surface area (Å²) < 4.78 is 1.96. The Labute approximate surface area is 109 Å². The third kappa shape index (κ3) is 2.42. The third-order valence-electron chi connectivity index (χ3n) is 2.61. The van der Waals surface area contributed by atoms with Crippen LogP contribution in [0.15, 0.2) is 17.8 Å². The summed E-state index contributed by atoms with van der Waals surface area (Å²) in [5.41, 5.74) is 0.957. The Morgan fingerprint density at radius 2 is 2.35 bits per heavy atom. The van der Waals surface area contributed by atoms with Gasteiger partial charge in [-0.05, 0) is 24.8 Å². The molecule has 0 radical (unpaired) electrons. The van der Waals surface area contributed by atoms with Gasteiger partial charge < -0.3 is 4.57 Å². The predicted octanol–water partition coefficient (Wildman–Crippen LogP) is 3.35. The molecule has 0 spiro atoms. The van der Waals surface area contributed by atoms with Crippen LogP contribution in [-0.4, -0.2) is 15.3 Å². The Balaban J connectivity index is 2.20. The minimum atomic E-state index is 0.0361. The molecule has 2 rings (SSSR count). The first-order valence-corrected chi connectivity index (χ1v) is 6.66. The van der Waals surface area contributed by atoms with Crippen LogP contribution in [0.2, 0.25) is 5.02 Å². The fourth-order valence-electron chi connectivity index (χ4n) is 1.64. The number of ketones is 1. The number of carbonyl (C=O) groups is 1. The second-order valence-electron chi connectivity index (χ2n) is 3.79. The maximum absolute atomic E-state index is 12.1. The van der Waals surface area contributed by atoms with Crippen LogP contribution in [0, 0.1) is 6.92 Å². The molecule has 0 unspecified atom stereocenters. The fourth-order valence-corrected chi connectivity index (χ4v) is 2.88. The Morgan fingerprint density at radius 3 is 2.94 bits per heavy atom. The molecule has 90 valence electrons. The van der Waals surface area contributed by atoms with E-state index in [9.17, 15) is 4.79 Å². The van der Waals surface area contributed by atoms with Crippen molar-refractivity contribution in [3.63, 3.8) is 0 Å². The molecule has 0 N–H and O–H groups in total. The fraction of sp³-hybridized carbons (Fsp3) is 0.333. The van der Waals surface area contributed by atoms with E-state index in [-0.39, 0.29) is 5.78 Å². The average Bonchev–Trinajstić information content (AvgIpc) is 2.87. The highest BCUT2D eigenvalue weighted by Crippen LogP contribution is 2.28. The molecule has 2 aromatic rings. The minimum absolute atomic E-state index is 0.0361. The highest BCUT2D eigenvalue weighted by Gasteiger charge is 2.16. The standard InChI is InChI=1S/C12H13ClN2OS/c1-3-15-5-4-14-10(15)6-9(16)12-11(13)8(2)7-17-12/h4-5,7H,3,6H2,1-2H3. The van der Waals surface area contributed by atoms with Crippen LogP contribution in [0.1, 0.15) is 28.0 Å². The van der Waals surface area contributed by atoms with Crippen molar-refractivity contribution < 1.29 is 4.79 Å². The van der Waals surface area contributed by atoms with Crippen molar-refractivity contribution in [3.8, 4) is 0 Å². The van der Waals surface area contributed by atoms with Gasteiger partial charge in [-0.15, -0.1) is 11.3 Å². The van der Waals surface area contributed by atoms with Gasteiger partial charge in [0.25, 0.3) is 0 Å². The summed E-state index contributed by atoms with van der Waals surface area (Å²) >= 11 is 7.48. The molecule has 0 saturated heterocycles. The van der Waals surface area contributed by atoms with Crippen molar-refractivity contribution >= 4 is 28.7 Å². The van der Waals surface area contributed by atoms with E-state index in [0.29, 0.717) is 16.3 Å². The lowest BCUT2D eigenvalue weighted by Gasteiger charge is -2.03. The van der Waals surface area contributed by atoms with Crippen LogP contribution in [0.5, 0.6) is 0 Å². The molecular weight excluding hydrogens is 256 g/mol. The summed E-state index contributed by atoms with van der Waals surface area (Å²) in [5.74, 6) is 0.827. The highest BCUT2D eigenvalue weighted by atomic mass is 35.5. The van der Waals surface area contributed by atoms with Crippen molar-refractivity contribution in [2.24, 2.45) is 0 Å². The third-order valence-corrected chi connectivity index (χ3v) is 4.35. The molecule has 3 nitrogen and oxygen atoms in total. The molecular formula is C12H13ClN2OS. The molecule has 2 aromatic heterocycles. The summed E-state index contributed by atoms with van der Waals surface area (Å²) in [7, 11) is 0. The monoisotopic (exact) mass is 268 g/mol. The summed E-state index contributed by atoms with van der Waals surface area (Å²) in [5, 5.41) is 2.48. The number of halogens is 1. The maximum atomic E-state index is 12.1. The molecule has 17 heavy (non-hydrogen) atoms. The van der Waals surface area contributed by atoms with Gasteiger partial charge in [-0.2, -0.15) is 0 Å². The zero-order chi connectivity index (χ0) is 12.4. The lowest BCUT2D eigenvalue weighted by Crippen LogP contribution is -2.08. The van der Waals surface area contributed by atoms with Gasteiger partial charge in [0.1, 0.15) is 5.82 Å². The maximum Gasteiger partial charge on any atom is 0.181 e. The van der Waals surface area contributed by atoms with Crippen molar-refractivity contribution in [2.75, 3.05) is 0 Å². The number of Topliss-reactive ketones (excluding diaryl/α,β-unsaturated/α-hetero) is 1. The van der Waals surface area contributed by atoms with Crippen molar-refractivity contribution in [1.29, 1.82) is 0 Å². The lowest BCUT2D eigenvalue weighted by atomic mass is 10.2. The molecule has 5 heteroatoms. The van der Waals surface area contributed by atoms with Gasteiger partial charge in [0.15, 0.2) is 5.78 Å². The molecule has 0 aromatic carbocycles. The Kier molecular flexibility index (Phi) is 3.64. The van der Waals surface area contributed by atoms with Crippen molar-refractivity contribution in [1.82, 2.24) is 9.55 Å². The van der Waals surface area contributed by atoms with Gasteiger partial charge in [-0.25, -0.2) is 4.98 Å². The Hall–Kier alpha value is -1.13. The molecule has 0 aliphatic heterocycles. The summed E-state index contributed by atoms with van der Waals surface area (Å²) in [6.07, 6.45) is 3.90. The van der Waals surface area contributed by atoms with Gasteiger partial charge in [-0.3, -0.25) is 4.79 Å². The topological polar surface area (TPSA) is 34.9 Å². The quantitative estimate of drug-likeness (QED) is 0.797. The van der Waals surface area contributed by atoms with Gasteiger partial charge in [0.2, 0.25) is 0 Å². The van der Waals surface area contributed by atoms with E-state index in [1.54, 1.807) is 6.20 Å². The van der Waals surface area contributed by atoms with Crippen molar-refractivity contribution in [3.05, 3.63) is 39.1 Å². The molecule has 0 fully saturated rings. The van der Waals surface area contributed by atoms with Gasteiger partial charge in [-0.1, -0.05) is 11.6 Å². The number of nitrogens with zero attached hydrogens (tertiary/aromatic N) is 2. The molecule has 0 aliphatic carbocycles. The highest BCUT2D eigenvalue weighted by molar-refractivity contribution is 7.13. The van der Waals surface area contributed by atoms with Crippen LogP contribution in [0.25, 0.3) is 0 Å². The van der Waals surface area contributed by atoms with E-state index in [0.717, 1.165) is 17.9 Å². The number of aromatic nitrogens is 2. The number of hydrogen-bond acceptors (Lipinski definition) is 3. The predicted molar refractivity (Wildman–Crippen MR) is 70.0 cm³/mol. The normalized spacial score (nSPS) is 10.8. The van der Waals surface area contributed by atoms with Crippen LogP contribution in [0.4, 0.5) is 0 Å². The number of carbonyl (C=O) groups excluding carboxylic acids is 1. The van der Waals surface area contributed by atoms with Gasteiger partial charge in [0.05, 0.1) is 16.3 Å². The van der Waals surface area contributed by atoms with Crippen molar-refractivity contribution in [2.45, 2.75) is 26.8 Å². The first kappa shape index (κ1) is 12.3. The summed E-state index contributed by atoms with van der Waals surface area (Å²) in [4.78, 5) is 16.9. The zero-order valence-corrected chi connectivity index (χ0v) is 11.3. The molecule has 2 heterocycles. The molecule has 0 saturated carbocycles. The second-order valence-corrected chi connectivity index (χ2v) is 5.05. The minimum Gasteiger partial charge on any atom is -0.335 e. The Bertz CT molecular complexity index is 544. The van der Waals surface area contributed by atoms with Crippen LogP contribution in [-0.2, 0) is 13.0 Å². The van der Waals surface area contributed by atoms with Crippen LogP contribution >= 0.6 is 22.9 Å². The average molecular weight is 269 g/mol. The number of hydrogen-bond donors (Lipinski definition) is 0. The first-order chi connectivity index (χ1) is 8.13. The van der Waals surface area contributed by atoms with E-state index in [1.165, 1.54) is 11.3 Å². The van der Waals surface area contributed by atoms with E-state index in [1.807, 2.05) is 30.0 Å². The van der Waals surface area contributed by atoms with Gasteiger partial charge in [0, 0.05) is 18.9 Å². The number of aryl methyl sites for hydroxylation is 2. The van der Waals surface area contributed by atoms with Gasteiger partial charge >= 0.3 is 0 Å². The van der Waals surface area contributed by atoms with Crippen LogP contribution in [0.3, 0.4) is 0 Å². The number of imidazole rings is 1. The zero-order valence-electron chi connectivity index (χ0n) is 9.74.